The Labute approximate surface area is 205 Å². The van der Waals surface area contributed by atoms with Gasteiger partial charge in [0.05, 0.1) is 0 Å². The van der Waals surface area contributed by atoms with Crippen molar-refractivity contribution in [1.82, 2.24) is 0 Å². The van der Waals surface area contributed by atoms with Gasteiger partial charge in [0.25, 0.3) is 0 Å². The van der Waals surface area contributed by atoms with E-state index in [1.54, 1.807) is 0 Å². The predicted molar refractivity (Wildman–Crippen MR) is 149 cm³/mol. The molecule has 0 saturated heterocycles. The lowest BCUT2D eigenvalue weighted by Crippen LogP contribution is -1.91. The van der Waals surface area contributed by atoms with Crippen molar-refractivity contribution in [2.24, 2.45) is 0 Å². The minimum atomic E-state index is 1.01. The van der Waals surface area contributed by atoms with Crippen LogP contribution in [0.3, 0.4) is 0 Å². The van der Waals surface area contributed by atoms with Crippen LogP contribution in [0.2, 0.25) is 0 Å². The third-order valence-corrected chi connectivity index (χ3v) is 6.38. The molecule has 6 aromatic rings. The first-order chi connectivity index (χ1) is 17.3. The molecule has 0 fully saturated rings. The van der Waals surface area contributed by atoms with E-state index in [2.05, 4.69) is 116 Å². The number of hydrogen-bond donors (Lipinski definition) is 0. The van der Waals surface area contributed by atoms with Crippen molar-refractivity contribution in [1.29, 1.82) is 0 Å². The Morgan fingerprint density at radius 2 is 0.857 bits per heavy atom. The smallest absolute Gasteiger partial charge is 0.0407 e. The molecule has 0 aliphatic heterocycles. The molecule has 0 atom stereocenters. The molecule has 0 spiro atoms. The Morgan fingerprint density at radius 3 is 1.40 bits per heavy atom. The molecule has 0 aromatic heterocycles. The first kappa shape index (κ1) is 20.8. The van der Waals surface area contributed by atoms with Crippen LogP contribution in [0.1, 0.15) is 27.8 Å². The average molecular weight is 443 g/mol. The van der Waals surface area contributed by atoms with Gasteiger partial charge >= 0.3 is 0 Å². The average Bonchev–Trinajstić information content (AvgIpc) is 2.91. The van der Waals surface area contributed by atoms with Crippen LogP contribution in [-0.2, 0) is 0 Å². The molecule has 162 valence electrons. The molecular formula is C35H22. The van der Waals surface area contributed by atoms with Gasteiger partial charge in [0.2, 0.25) is 0 Å². The molecule has 0 heteroatoms. The Bertz CT molecular complexity index is 1830. The molecule has 0 radical (unpaired) electrons. The Balaban J connectivity index is 1.69. The highest BCUT2D eigenvalue weighted by Crippen LogP contribution is 2.35. The zero-order valence-corrected chi connectivity index (χ0v) is 19.5. The summed E-state index contributed by atoms with van der Waals surface area (Å²) in [7, 11) is 0. The van der Waals surface area contributed by atoms with E-state index in [0.29, 0.717) is 0 Å². The van der Waals surface area contributed by atoms with E-state index >= 15 is 0 Å². The van der Waals surface area contributed by atoms with Crippen molar-refractivity contribution >= 4 is 32.3 Å². The lowest BCUT2D eigenvalue weighted by molar-refractivity contribution is 1.46. The van der Waals surface area contributed by atoms with Gasteiger partial charge in [-0.15, -0.1) is 0 Å². The van der Waals surface area contributed by atoms with Crippen molar-refractivity contribution in [3.8, 4) is 23.7 Å². The molecule has 0 aliphatic carbocycles. The maximum absolute atomic E-state index is 3.53. The van der Waals surface area contributed by atoms with Crippen LogP contribution in [-0.4, -0.2) is 0 Å². The molecule has 0 amide bonds. The predicted octanol–water partition coefficient (Wildman–Crippen LogP) is 8.25. The van der Waals surface area contributed by atoms with Crippen LogP contribution in [0.5, 0.6) is 0 Å². The van der Waals surface area contributed by atoms with Gasteiger partial charge in [0.1, 0.15) is 0 Å². The third-order valence-electron chi connectivity index (χ3n) is 6.38. The van der Waals surface area contributed by atoms with E-state index < -0.39 is 0 Å². The monoisotopic (exact) mass is 442 g/mol. The normalized spacial score (nSPS) is 10.5. The fourth-order valence-electron chi connectivity index (χ4n) is 4.56. The second kappa shape index (κ2) is 8.87. The molecular weight excluding hydrogens is 420 g/mol. The number of aryl methyl sites for hydroxylation is 1. The minimum Gasteiger partial charge on any atom is -0.0622 e. The molecule has 35 heavy (non-hydrogen) atoms. The van der Waals surface area contributed by atoms with E-state index in [1.165, 1.54) is 16.3 Å². The molecule has 0 unspecified atom stereocenters. The Kier molecular flexibility index (Phi) is 5.27. The summed E-state index contributed by atoms with van der Waals surface area (Å²) in [5, 5.41) is 6.95. The highest BCUT2D eigenvalue weighted by atomic mass is 14.1. The second-order valence-corrected chi connectivity index (χ2v) is 8.77. The zero-order chi connectivity index (χ0) is 23.6. The molecule has 0 nitrogen and oxygen atoms in total. The molecule has 0 aliphatic rings. The Hall–Kier alpha value is -4.78. The van der Waals surface area contributed by atoms with E-state index in [-0.39, 0.29) is 0 Å². The van der Waals surface area contributed by atoms with Gasteiger partial charge in [-0.3, -0.25) is 0 Å². The first-order valence-corrected chi connectivity index (χ1v) is 11.8. The molecule has 0 heterocycles. The minimum absolute atomic E-state index is 1.01. The SMILES string of the molecule is Cc1ccc(C#Cc2c3ccccc3c(C#Cc3ccccc3)c3cc4ccccc4cc23)cc1. The molecule has 0 bridgehead atoms. The van der Waals surface area contributed by atoms with Crippen LogP contribution in [0, 0.1) is 30.6 Å². The summed E-state index contributed by atoms with van der Waals surface area (Å²) in [6.07, 6.45) is 0. The molecule has 0 N–H and O–H groups in total. The lowest BCUT2D eigenvalue weighted by Gasteiger charge is -2.12. The second-order valence-electron chi connectivity index (χ2n) is 8.77. The summed E-state index contributed by atoms with van der Waals surface area (Å²) < 4.78 is 0. The number of fused-ring (bicyclic) bond motifs is 3. The topological polar surface area (TPSA) is 0 Å². The zero-order valence-electron chi connectivity index (χ0n) is 19.5. The largest absolute Gasteiger partial charge is 0.0622 e. The maximum Gasteiger partial charge on any atom is 0.0407 e. The van der Waals surface area contributed by atoms with E-state index in [4.69, 9.17) is 0 Å². The van der Waals surface area contributed by atoms with Gasteiger partial charge in [-0.1, -0.05) is 108 Å². The van der Waals surface area contributed by atoms with Crippen LogP contribution in [0.25, 0.3) is 32.3 Å². The van der Waals surface area contributed by atoms with Crippen molar-refractivity contribution < 1.29 is 0 Å². The van der Waals surface area contributed by atoms with Gasteiger partial charge < -0.3 is 0 Å². The summed E-state index contributed by atoms with van der Waals surface area (Å²) in [5.74, 6) is 13.9. The van der Waals surface area contributed by atoms with Crippen LogP contribution in [0.4, 0.5) is 0 Å². The summed E-state index contributed by atoms with van der Waals surface area (Å²) >= 11 is 0. The van der Waals surface area contributed by atoms with Crippen molar-refractivity contribution in [3.63, 3.8) is 0 Å². The van der Waals surface area contributed by atoms with Gasteiger partial charge in [-0.05, 0) is 75.6 Å². The Morgan fingerprint density at radius 1 is 0.400 bits per heavy atom. The summed E-state index contributed by atoms with van der Waals surface area (Å²) in [6.45, 7) is 2.10. The number of benzene rings is 6. The van der Waals surface area contributed by atoms with Crippen molar-refractivity contribution in [2.75, 3.05) is 0 Å². The van der Waals surface area contributed by atoms with E-state index in [1.807, 2.05) is 30.3 Å². The van der Waals surface area contributed by atoms with Gasteiger partial charge in [0, 0.05) is 22.3 Å². The molecule has 6 rings (SSSR count). The van der Waals surface area contributed by atoms with Crippen molar-refractivity contribution in [2.45, 2.75) is 6.92 Å². The number of hydrogen-bond acceptors (Lipinski definition) is 0. The summed E-state index contributed by atoms with van der Waals surface area (Å²) in [5.41, 5.74) is 5.35. The molecule has 6 aromatic carbocycles. The highest BCUT2D eigenvalue weighted by molar-refractivity contribution is 6.13. The maximum atomic E-state index is 3.53. The fraction of sp³-hybridized carbons (Fsp3) is 0.0286. The highest BCUT2D eigenvalue weighted by Gasteiger charge is 2.13. The van der Waals surface area contributed by atoms with Crippen molar-refractivity contribution in [3.05, 3.63) is 143 Å². The first-order valence-electron chi connectivity index (χ1n) is 11.8. The van der Waals surface area contributed by atoms with E-state index in [9.17, 15) is 0 Å². The molecule has 0 saturated carbocycles. The van der Waals surface area contributed by atoms with E-state index in [0.717, 1.165) is 43.8 Å². The summed E-state index contributed by atoms with van der Waals surface area (Å²) in [6, 6.07) is 40.1. The fourth-order valence-corrected chi connectivity index (χ4v) is 4.56. The lowest BCUT2D eigenvalue weighted by atomic mass is 9.90. The quantitative estimate of drug-likeness (QED) is 0.164. The van der Waals surface area contributed by atoms with Crippen LogP contribution in [0.15, 0.2) is 115 Å². The van der Waals surface area contributed by atoms with Gasteiger partial charge in [-0.25, -0.2) is 0 Å². The van der Waals surface area contributed by atoms with Gasteiger partial charge in [-0.2, -0.15) is 0 Å². The number of rotatable bonds is 0. The third kappa shape index (κ3) is 4.04. The standard InChI is InChI=1S/C35H22/c1-25-15-17-27(18-16-25)20-22-33-31-14-8-7-13-30(31)32(21-19-26-9-3-2-4-10-26)34-23-28-11-5-6-12-29(28)24-35(33)34/h2-18,23-24H,1H3. The van der Waals surface area contributed by atoms with Gasteiger partial charge in [0.15, 0.2) is 0 Å². The van der Waals surface area contributed by atoms with Crippen LogP contribution < -0.4 is 0 Å². The summed E-state index contributed by atoms with van der Waals surface area (Å²) in [4.78, 5) is 0. The van der Waals surface area contributed by atoms with Crippen LogP contribution >= 0.6 is 0 Å².